The van der Waals surface area contributed by atoms with Gasteiger partial charge in [0.15, 0.2) is 0 Å². The second-order valence-electron chi connectivity index (χ2n) is 10.3. The normalized spacial score (nSPS) is 14.3. The van der Waals surface area contributed by atoms with Gasteiger partial charge in [0.25, 0.3) is 5.91 Å². The molecule has 202 valence electrons. The number of morpholine rings is 1. The quantitative estimate of drug-likeness (QED) is 0.322. The van der Waals surface area contributed by atoms with Crippen LogP contribution in [0.25, 0.3) is 10.8 Å². The number of benzene rings is 3. The van der Waals surface area contributed by atoms with Crippen LogP contribution in [0.3, 0.4) is 0 Å². The molecule has 0 aromatic heterocycles. The molecule has 4 rings (SSSR count). The summed E-state index contributed by atoms with van der Waals surface area (Å²) in [5.74, 6) is 0.305. The Kier molecular flexibility index (Phi) is 8.48. The Morgan fingerprint density at radius 1 is 1.11 bits per heavy atom. The fourth-order valence-corrected chi connectivity index (χ4v) is 4.56. The van der Waals surface area contributed by atoms with E-state index in [1.54, 1.807) is 6.07 Å². The van der Waals surface area contributed by atoms with Gasteiger partial charge in [-0.15, -0.1) is 0 Å². The third-order valence-corrected chi connectivity index (χ3v) is 6.76. The molecule has 0 spiro atoms. The van der Waals surface area contributed by atoms with Gasteiger partial charge in [-0.05, 0) is 34.1 Å². The molecule has 38 heavy (non-hydrogen) atoms. The predicted molar refractivity (Wildman–Crippen MR) is 146 cm³/mol. The fraction of sp³-hybridized carbons (Fsp3) is 0.414. The first-order chi connectivity index (χ1) is 18.2. The van der Waals surface area contributed by atoms with Crippen molar-refractivity contribution < 1.29 is 23.9 Å². The van der Waals surface area contributed by atoms with E-state index in [-0.39, 0.29) is 29.0 Å². The molecule has 1 aliphatic heterocycles. The van der Waals surface area contributed by atoms with Crippen molar-refractivity contribution in [1.82, 2.24) is 10.2 Å². The van der Waals surface area contributed by atoms with E-state index in [9.17, 15) is 14.9 Å². The van der Waals surface area contributed by atoms with E-state index in [1.165, 1.54) is 13.2 Å². The van der Waals surface area contributed by atoms with Crippen molar-refractivity contribution in [3.05, 3.63) is 75.3 Å². The zero-order valence-electron chi connectivity index (χ0n) is 22.4. The molecule has 0 radical (unpaired) electrons. The first-order valence-electron chi connectivity index (χ1n) is 12.8. The molecule has 9 nitrogen and oxygen atoms in total. The molecule has 1 N–H and O–H groups in total. The van der Waals surface area contributed by atoms with Crippen molar-refractivity contribution in [2.75, 3.05) is 46.6 Å². The van der Waals surface area contributed by atoms with Gasteiger partial charge < -0.3 is 19.5 Å². The van der Waals surface area contributed by atoms with Gasteiger partial charge in [0.1, 0.15) is 12.4 Å². The van der Waals surface area contributed by atoms with Crippen LogP contribution in [0.1, 0.15) is 42.3 Å². The van der Waals surface area contributed by atoms with Crippen LogP contribution in [0.2, 0.25) is 0 Å². The average Bonchev–Trinajstić information content (AvgIpc) is 2.91. The van der Waals surface area contributed by atoms with Crippen molar-refractivity contribution in [3.63, 3.8) is 0 Å². The van der Waals surface area contributed by atoms with Crippen LogP contribution in [0.15, 0.2) is 48.5 Å². The van der Waals surface area contributed by atoms with Gasteiger partial charge in [0, 0.05) is 37.6 Å². The Bertz CT molecular complexity index is 1310. The number of nitro benzene ring substituents is 1. The number of hydrogen-bond acceptors (Lipinski definition) is 7. The van der Waals surface area contributed by atoms with Crippen LogP contribution in [0.5, 0.6) is 11.5 Å². The summed E-state index contributed by atoms with van der Waals surface area (Å²) in [6, 6.07) is 14.9. The van der Waals surface area contributed by atoms with Crippen molar-refractivity contribution in [1.29, 1.82) is 0 Å². The molecule has 1 saturated heterocycles. The maximum atomic E-state index is 13.3. The van der Waals surface area contributed by atoms with E-state index in [0.717, 1.165) is 54.9 Å². The Hall–Kier alpha value is -3.69. The number of hydrogen-bond donors (Lipinski definition) is 1. The molecule has 1 fully saturated rings. The van der Waals surface area contributed by atoms with E-state index in [4.69, 9.17) is 14.2 Å². The van der Waals surface area contributed by atoms with Crippen molar-refractivity contribution in [3.8, 4) is 11.5 Å². The lowest BCUT2D eigenvalue weighted by Gasteiger charge is -2.26. The number of carbonyl (C=O) groups is 1. The summed E-state index contributed by atoms with van der Waals surface area (Å²) in [6.45, 7) is 10.8. The number of carbonyl (C=O) groups excluding carboxylic acids is 1. The second kappa shape index (κ2) is 11.8. The summed E-state index contributed by atoms with van der Waals surface area (Å²) in [6.07, 6.45) is 0. The second-order valence-corrected chi connectivity index (χ2v) is 10.3. The SMILES string of the molecule is COc1c(C(=O)NCc2ccc(OCCN3CCOCC3)c3ccccc23)cc(C(C)(C)C)cc1[N+](=O)[O-]. The minimum atomic E-state index is -0.518. The van der Waals surface area contributed by atoms with Gasteiger partial charge in [-0.3, -0.25) is 19.8 Å². The lowest BCUT2D eigenvalue weighted by atomic mass is 9.85. The molecular formula is C29H35N3O6. The first kappa shape index (κ1) is 27.3. The third-order valence-electron chi connectivity index (χ3n) is 6.76. The summed E-state index contributed by atoms with van der Waals surface area (Å²) >= 11 is 0. The molecule has 0 saturated carbocycles. The molecule has 1 heterocycles. The number of nitro groups is 1. The van der Waals surface area contributed by atoms with Crippen molar-refractivity contribution >= 4 is 22.4 Å². The number of amides is 1. The van der Waals surface area contributed by atoms with Gasteiger partial charge in [-0.2, -0.15) is 0 Å². The zero-order valence-corrected chi connectivity index (χ0v) is 22.4. The average molecular weight is 522 g/mol. The largest absolute Gasteiger partial charge is 0.492 e. The van der Waals surface area contributed by atoms with E-state index >= 15 is 0 Å². The Balaban J connectivity index is 1.53. The molecule has 1 amide bonds. The van der Waals surface area contributed by atoms with Gasteiger partial charge >= 0.3 is 5.69 Å². The van der Waals surface area contributed by atoms with E-state index < -0.39 is 10.8 Å². The summed E-state index contributed by atoms with van der Waals surface area (Å²) in [5.41, 5.74) is 1.11. The number of ether oxygens (including phenoxy) is 3. The molecular weight excluding hydrogens is 486 g/mol. The first-order valence-corrected chi connectivity index (χ1v) is 12.8. The number of rotatable bonds is 9. The van der Waals surface area contributed by atoms with Crippen LogP contribution < -0.4 is 14.8 Å². The van der Waals surface area contributed by atoms with Crippen LogP contribution in [-0.2, 0) is 16.7 Å². The summed E-state index contributed by atoms with van der Waals surface area (Å²) in [4.78, 5) is 26.8. The van der Waals surface area contributed by atoms with E-state index in [0.29, 0.717) is 12.2 Å². The smallest absolute Gasteiger partial charge is 0.312 e. The minimum absolute atomic E-state index is 0.0469. The molecule has 1 aliphatic rings. The Morgan fingerprint density at radius 2 is 1.82 bits per heavy atom. The summed E-state index contributed by atoms with van der Waals surface area (Å²) in [7, 11) is 1.33. The fourth-order valence-electron chi connectivity index (χ4n) is 4.56. The number of fused-ring (bicyclic) bond motifs is 1. The highest BCUT2D eigenvalue weighted by Crippen LogP contribution is 2.37. The topological polar surface area (TPSA) is 103 Å². The summed E-state index contributed by atoms with van der Waals surface area (Å²) in [5, 5.41) is 16.6. The highest BCUT2D eigenvalue weighted by Gasteiger charge is 2.28. The van der Waals surface area contributed by atoms with Gasteiger partial charge in [-0.1, -0.05) is 51.1 Å². The van der Waals surface area contributed by atoms with Crippen molar-refractivity contribution in [2.45, 2.75) is 32.7 Å². The number of nitrogens with one attached hydrogen (secondary N) is 1. The van der Waals surface area contributed by atoms with Crippen molar-refractivity contribution in [2.24, 2.45) is 0 Å². The maximum Gasteiger partial charge on any atom is 0.312 e. The number of nitrogens with zero attached hydrogens (tertiary/aromatic N) is 2. The third kappa shape index (κ3) is 6.23. The van der Waals surface area contributed by atoms with Gasteiger partial charge in [0.05, 0.1) is 30.8 Å². The predicted octanol–water partition coefficient (Wildman–Crippen LogP) is 4.70. The highest BCUT2D eigenvalue weighted by atomic mass is 16.6. The zero-order chi connectivity index (χ0) is 27.3. The molecule has 3 aromatic rings. The lowest BCUT2D eigenvalue weighted by Crippen LogP contribution is -2.38. The van der Waals surface area contributed by atoms with Crippen LogP contribution in [0.4, 0.5) is 5.69 Å². The molecule has 0 bridgehead atoms. The van der Waals surface area contributed by atoms with E-state index in [2.05, 4.69) is 10.2 Å². The highest BCUT2D eigenvalue weighted by molar-refractivity contribution is 5.99. The summed E-state index contributed by atoms with van der Waals surface area (Å²) < 4.78 is 16.9. The van der Waals surface area contributed by atoms with Crippen LogP contribution in [-0.4, -0.2) is 62.3 Å². The minimum Gasteiger partial charge on any atom is -0.492 e. The maximum absolute atomic E-state index is 13.3. The van der Waals surface area contributed by atoms with Gasteiger partial charge in [0.2, 0.25) is 5.75 Å². The Labute approximate surface area is 222 Å². The Morgan fingerprint density at radius 3 is 2.47 bits per heavy atom. The molecule has 0 aliphatic carbocycles. The molecule has 3 aromatic carbocycles. The molecule has 0 atom stereocenters. The lowest BCUT2D eigenvalue weighted by molar-refractivity contribution is -0.385. The van der Waals surface area contributed by atoms with Crippen LogP contribution in [0, 0.1) is 10.1 Å². The monoisotopic (exact) mass is 521 g/mol. The molecule has 0 unspecified atom stereocenters. The van der Waals surface area contributed by atoms with Crippen LogP contribution >= 0.6 is 0 Å². The number of methoxy groups -OCH3 is 1. The van der Waals surface area contributed by atoms with Gasteiger partial charge in [-0.25, -0.2) is 0 Å². The standard InChI is InChI=1S/C29H35N3O6/c1-29(2,3)21-17-24(27(36-4)25(18-21)32(34)35)28(33)30-19-20-9-10-26(23-8-6-5-7-22(20)23)38-16-13-31-11-14-37-15-12-31/h5-10,17-18H,11-16,19H2,1-4H3,(H,30,33). The van der Waals surface area contributed by atoms with E-state index in [1.807, 2.05) is 57.2 Å². The molecule has 9 heteroatoms.